The summed E-state index contributed by atoms with van der Waals surface area (Å²) in [4.78, 5) is 0. The van der Waals surface area contributed by atoms with E-state index in [4.69, 9.17) is 0 Å². The van der Waals surface area contributed by atoms with Crippen LogP contribution >= 0.6 is 0 Å². The fraction of sp³-hybridized carbons (Fsp3) is 0.562. The van der Waals surface area contributed by atoms with Gasteiger partial charge in [-0.3, -0.25) is 0 Å². The summed E-state index contributed by atoms with van der Waals surface area (Å²) in [6, 6.07) is 4.74. The van der Waals surface area contributed by atoms with Crippen molar-refractivity contribution in [2.45, 2.75) is 53.4 Å². The lowest BCUT2D eigenvalue weighted by Crippen LogP contribution is -2.26. The van der Waals surface area contributed by atoms with Crippen LogP contribution < -0.4 is 0 Å². The minimum atomic E-state index is 0.183. The summed E-state index contributed by atoms with van der Waals surface area (Å²) in [5, 5.41) is 0. The quantitative estimate of drug-likeness (QED) is 0.673. The smallest absolute Gasteiger partial charge is 0.199 e. The average molecular weight is 230 g/mol. The Kier molecular flexibility index (Phi) is 2.89. The number of hydrogen-bond donors (Lipinski definition) is 0. The monoisotopic (exact) mass is 230 g/mol. The Morgan fingerprint density at radius 1 is 1.06 bits per heavy atom. The molecule has 0 spiro atoms. The molecular formula is C16H24N+. The molecule has 0 saturated heterocycles. The molecule has 1 heterocycles. The van der Waals surface area contributed by atoms with Crippen molar-refractivity contribution in [1.82, 2.24) is 0 Å². The van der Waals surface area contributed by atoms with E-state index in [1.807, 2.05) is 0 Å². The summed E-state index contributed by atoms with van der Waals surface area (Å²) in [6.45, 7) is 14.8. The van der Waals surface area contributed by atoms with Crippen LogP contribution in [-0.4, -0.2) is 16.8 Å². The molecule has 0 aliphatic carbocycles. The number of benzene rings is 1. The maximum atomic E-state index is 2.50. The van der Waals surface area contributed by atoms with Gasteiger partial charge in [0.25, 0.3) is 0 Å². The highest BCUT2D eigenvalue weighted by atomic mass is 15.1. The maximum absolute atomic E-state index is 2.50. The number of rotatable bonds is 2. The highest BCUT2D eigenvalue weighted by Crippen LogP contribution is 2.40. The second kappa shape index (κ2) is 3.97. The van der Waals surface area contributed by atoms with E-state index in [9.17, 15) is 0 Å². The van der Waals surface area contributed by atoms with Crippen LogP contribution in [0.3, 0.4) is 0 Å². The van der Waals surface area contributed by atoms with Gasteiger partial charge in [0.2, 0.25) is 5.69 Å². The molecule has 1 aliphatic heterocycles. The van der Waals surface area contributed by atoms with E-state index in [-0.39, 0.29) is 5.41 Å². The van der Waals surface area contributed by atoms with Crippen LogP contribution in [0.4, 0.5) is 5.69 Å². The van der Waals surface area contributed by atoms with Gasteiger partial charge in [-0.05, 0) is 44.9 Å². The summed E-state index contributed by atoms with van der Waals surface area (Å²) in [6.07, 6.45) is 1.19. The van der Waals surface area contributed by atoms with E-state index in [0.717, 1.165) is 6.54 Å². The number of hydrogen-bond acceptors (Lipinski definition) is 0. The van der Waals surface area contributed by atoms with E-state index < -0.39 is 0 Å². The van der Waals surface area contributed by atoms with Crippen molar-refractivity contribution in [3.05, 3.63) is 28.8 Å². The van der Waals surface area contributed by atoms with Crippen LogP contribution in [0, 0.1) is 13.8 Å². The fourth-order valence-electron chi connectivity index (χ4n) is 2.75. The molecule has 0 amide bonds. The summed E-state index contributed by atoms with van der Waals surface area (Å²) < 4.78 is 2.50. The van der Waals surface area contributed by atoms with Crippen molar-refractivity contribution in [2.24, 2.45) is 0 Å². The summed E-state index contributed by atoms with van der Waals surface area (Å²) in [5.74, 6) is 0. The van der Waals surface area contributed by atoms with Crippen LogP contribution in [0.2, 0.25) is 0 Å². The van der Waals surface area contributed by atoms with Gasteiger partial charge in [-0.1, -0.05) is 6.92 Å². The third-order valence-electron chi connectivity index (χ3n) is 4.33. The predicted octanol–water partition coefficient (Wildman–Crippen LogP) is 4.11. The van der Waals surface area contributed by atoms with Crippen LogP contribution in [0.5, 0.6) is 0 Å². The highest BCUT2D eigenvalue weighted by molar-refractivity contribution is 5.93. The van der Waals surface area contributed by atoms with Gasteiger partial charge < -0.3 is 0 Å². The molecule has 0 saturated carbocycles. The van der Waals surface area contributed by atoms with Crippen LogP contribution in [0.25, 0.3) is 0 Å². The molecule has 0 aromatic heterocycles. The number of fused-ring (bicyclic) bond motifs is 1. The third kappa shape index (κ3) is 1.72. The molecule has 1 nitrogen and oxygen atoms in total. The Bertz CT molecular complexity index is 492. The standard InChI is InChI=1S/C16H24N/c1-7-8-17-13(4)16(5,6)14-9-11(2)12(3)10-15(14)17/h9-10H,7-8H2,1-6H3/q+1. The van der Waals surface area contributed by atoms with Crippen molar-refractivity contribution in [3.8, 4) is 0 Å². The lowest BCUT2D eigenvalue weighted by atomic mass is 9.81. The molecule has 0 N–H and O–H groups in total. The second-order valence-corrected chi connectivity index (χ2v) is 5.82. The molecule has 0 fully saturated rings. The Morgan fingerprint density at radius 3 is 2.24 bits per heavy atom. The largest absolute Gasteiger partial charge is 0.209 e. The molecule has 1 aromatic carbocycles. The Hall–Kier alpha value is -1.11. The van der Waals surface area contributed by atoms with E-state index >= 15 is 0 Å². The molecular weight excluding hydrogens is 206 g/mol. The first-order chi connectivity index (χ1) is 7.89. The van der Waals surface area contributed by atoms with Gasteiger partial charge in [-0.15, -0.1) is 0 Å². The minimum Gasteiger partial charge on any atom is -0.199 e. The van der Waals surface area contributed by atoms with Crippen molar-refractivity contribution in [1.29, 1.82) is 0 Å². The third-order valence-corrected chi connectivity index (χ3v) is 4.33. The summed E-state index contributed by atoms with van der Waals surface area (Å²) in [7, 11) is 0. The average Bonchev–Trinajstić information content (AvgIpc) is 2.43. The first-order valence-electron chi connectivity index (χ1n) is 6.63. The number of aryl methyl sites for hydroxylation is 2. The van der Waals surface area contributed by atoms with E-state index in [0.29, 0.717) is 0 Å². The van der Waals surface area contributed by atoms with Crippen molar-refractivity contribution in [2.75, 3.05) is 6.54 Å². The van der Waals surface area contributed by atoms with E-state index in [1.165, 1.54) is 34.5 Å². The second-order valence-electron chi connectivity index (χ2n) is 5.82. The first kappa shape index (κ1) is 12.3. The van der Waals surface area contributed by atoms with Crippen LogP contribution in [0.1, 0.15) is 50.8 Å². The van der Waals surface area contributed by atoms with Crippen molar-refractivity contribution >= 4 is 11.4 Å². The van der Waals surface area contributed by atoms with Gasteiger partial charge in [-0.2, -0.15) is 4.58 Å². The van der Waals surface area contributed by atoms with E-state index in [1.54, 1.807) is 0 Å². The van der Waals surface area contributed by atoms with Gasteiger partial charge in [0.15, 0.2) is 5.71 Å². The Morgan fingerprint density at radius 2 is 1.65 bits per heavy atom. The Balaban J connectivity index is 2.67. The molecule has 1 aliphatic rings. The molecule has 17 heavy (non-hydrogen) atoms. The maximum Gasteiger partial charge on any atom is 0.209 e. The normalized spacial score (nSPS) is 17.5. The lowest BCUT2D eigenvalue weighted by molar-refractivity contribution is -0.439. The van der Waals surface area contributed by atoms with Gasteiger partial charge in [0.1, 0.15) is 6.54 Å². The molecule has 1 heteroatoms. The molecule has 0 radical (unpaired) electrons. The SMILES string of the molecule is CCC[N+]1=C(C)C(C)(C)c2cc(C)c(C)cc21. The zero-order valence-corrected chi connectivity index (χ0v) is 12.0. The molecule has 92 valence electrons. The minimum absolute atomic E-state index is 0.183. The van der Waals surface area contributed by atoms with Gasteiger partial charge in [0, 0.05) is 25.0 Å². The van der Waals surface area contributed by atoms with Gasteiger partial charge in [-0.25, -0.2) is 0 Å². The molecule has 2 rings (SSSR count). The van der Waals surface area contributed by atoms with Gasteiger partial charge in [0.05, 0.1) is 5.41 Å². The molecule has 0 unspecified atom stereocenters. The van der Waals surface area contributed by atoms with Crippen molar-refractivity contribution in [3.63, 3.8) is 0 Å². The predicted molar refractivity (Wildman–Crippen MR) is 74.7 cm³/mol. The topological polar surface area (TPSA) is 3.01 Å². The molecule has 0 bridgehead atoms. The molecule has 0 atom stereocenters. The van der Waals surface area contributed by atoms with E-state index in [2.05, 4.69) is 58.3 Å². The number of nitrogens with zero attached hydrogens (tertiary/aromatic N) is 1. The van der Waals surface area contributed by atoms with Crippen LogP contribution in [-0.2, 0) is 5.41 Å². The van der Waals surface area contributed by atoms with Gasteiger partial charge >= 0.3 is 0 Å². The van der Waals surface area contributed by atoms with Crippen molar-refractivity contribution < 1.29 is 4.58 Å². The zero-order valence-electron chi connectivity index (χ0n) is 12.0. The first-order valence-corrected chi connectivity index (χ1v) is 6.63. The lowest BCUT2D eigenvalue weighted by Gasteiger charge is -2.15. The zero-order chi connectivity index (χ0) is 12.8. The summed E-state index contributed by atoms with van der Waals surface area (Å²) >= 11 is 0. The molecule has 1 aromatic rings. The summed E-state index contributed by atoms with van der Waals surface area (Å²) in [5.41, 5.74) is 7.39. The highest BCUT2D eigenvalue weighted by Gasteiger charge is 2.42. The fourth-order valence-corrected chi connectivity index (χ4v) is 2.75. The van der Waals surface area contributed by atoms with Crippen LogP contribution in [0.15, 0.2) is 12.1 Å². The Labute approximate surface area is 105 Å².